The molecule has 72 valence electrons. The molecular weight excluding hydrogens is 164 g/mol. The molecular formula is C7H14O5. The van der Waals surface area contributed by atoms with E-state index in [9.17, 15) is 5.11 Å². The molecule has 1 rings (SSSR count). The Morgan fingerprint density at radius 1 is 1.67 bits per heavy atom. The Labute approximate surface area is 70.5 Å². The van der Waals surface area contributed by atoms with Crippen molar-refractivity contribution in [2.45, 2.75) is 31.0 Å². The lowest BCUT2D eigenvalue weighted by molar-refractivity contribution is -0.150. The second-order valence-corrected chi connectivity index (χ2v) is 2.82. The zero-order valence-corrected chi connectivity index (χ0v) is 6.88. The summed E-state index contributed by atoms with van der Waals surface area (Å²) in [7, 11) is 1.46. The zero-order valence-electron chi connectivity index (χ0n) is 6.88. The molecule has 0 bridgehead atoms. The molecule has 1 aliphatic rings. The van der Waals surface area contributed by atoms with Gasteiger partial charge < -0.3 is 24.8 Å². The molecule has 4 atom stereocenters. The summed E-state index contributed by atoms with van der Waals surface area (Å²) in [5.74, 6) is 0. The Morgan fingerprint density at radius 2 is 2.33 bits per heavy atom. The van der Waals surface area contributed by atoms with Gasteiger partial charge in [0.25, 0.3) is 0 Å². The van der Waals surface area contributed by atoms with Gasteiger partial charge in [0.1, 0.15) is 12.2 Å². The summed E-state index contributed by atoms with van der Waals surface area (Å²) in [4.78, 5) is 0. The van der Waals surface area contributed by atoms with Crippen molar-refractivity contribution < 1.29 is 24.8 Å². The minimum Gasteiger partial charge on any atom is -0.394 e. The van der Waals surface area contributed by atoms with Crippen molar-refractivity contribution in [3.63, 3.8) is 0 Å². The molecule has 0 aromatic carbocycles. The van der Waals surface area contributed by atoms with E-state index >= 15 is 0 Å². The topological polar surface area (TPSA) is 79.2 Å². The Kier molecular flexibility index (Phi) is 3.42. The first-order chi connectivity index (χ1) is 5.69. The quantitative estimate of drug-likeness (QED) is 0.488. The first-order valence-electron chi connectivity index (χ1n) is 3.84. The normalized spacial score (nSPS) is 38.5. The largest absolute Gasteiger partial charge is 0.394 e. The number of hydrogen-bond donors (Lipinski definition) is 3. The summed E-state index contributed by atoms with van der Waals surface area (Å²) >= 11 is 0. The standard InChI is InChI=1S/C7H14O5/c1-11-6-2-4(9)7(12-6)5(10)3-8/h4-10H,2-3H2,1H3/t4?,5?,6?,7-/m1/s1. The zero-order chi connectivity index (χ0) is 9.14. The van der Waals surface area contributed by atoms with Gasteiger partial charge in [-0.05, 0) is 0 Å². The highest BCUT2D eigenvalue weighted by Gasteiger charge is 2.38. The van der Waals surface area contributed by atoms with E-state index in [1.165, 1.54) is 7.11 Å². The molecule has 1 fully saturated rings. The lowest BCUT2D eigenvalue weighted by atomic mass is 10.1. The highest BCUT2D eigenvalue weighted by atomic mass is 16.7. The van der Waals surface area contributed by atoms with Crippen LogP contribution in [0.15, 0.2) is 0 Å². The minimum atomic E-state index is -1.04. The van der Waals surface area contributed by atoms with Gasteiger partial charge >= 0.3 is 0 Å². The molecule has 0 aromatic heterocycles. The maximum atomic E-state index is 9.32. The number of methoxy groups -OCH3 is 1. The fourth-order valence-corrected chi connectivity index (χ4v) is 1.26. The third-order valence-corrected chi connectivity index (χ3v) is 1.95. The first kappa shape index (κ1) is 9.88. The van der Waals surface area contributed by atoms with Gasteiger partial charge in [-0.3, -0.25) is 0 Å². The molecule has 12 heavy (non-hydrogen) atoms. The lowest BCUT2D eigenvalue weighted by Gasteiger charge is -2.18. The van der Waals surface area contributed by atoms with E-state index in [4.69, 9.17) is 19.7 Å². The number of aliphatic hydroxyl groups is 3. The van der Waals surface area contributed by atoms with E-state index in [1.54, 1.807) is 0 Å². The number of ether oxygens (including phenoxy) is 2. The van der Waals surface area contributed by atoms with Gasteiger partial charge in [-0.15, -0.1) is 0 Å². The van der Waals surface area contributed by atoms with E-state index in [1.807, 2.05) is 0 Å². The van der Waals surface area contributed by atoms with Crippen molar-refractivity contribution >= 4 is 0 Å². The predicted octanol–water partition coefficient (Wildman–Crippen LogP) is -1.54. The lowest BCUT2D eigenvalue weighted by Crippen LogP contribution is -2.36. The second-order valence-electron chi connectivity index (χ2n) is 2.82. The van der Waals surface area contributed by atoms with E-state index in [-0.39, 0.29) is 0 Å². The molecule has 3 N–H and O–H groups in total. The van der Waals surface area contributed by atoms with Gasteiger partial charge in [-0.25, -0.2) is 0 Å². The van der Waals surface area contributed by atoms with E-state index in [0.29, 0.717) is 6.42 Å². The summed E-state index contributed by atoms with van der Waals surface area (Å²) in [6, 6.07) is 0. The molecule has 1 saturated heterocycles. The Balaban J connectivity index is 2.45. The monoisotopic (exact) mass is 178 g/mol. The average molecular weight is 178 g/mol. The molecule has 5 heteroatoms. The summed E-state index contributed by atoms with van der Waals surface area (Å²) in [6.07, 6.45) is -2.69. The first-order valence-corrected chi connectivity index (χ1v) is 3.84. The maximum Gasteiger partial charge on any atom is 0.160 e. The van der Waals surface area contributed by atoms with Crippen molar-refractivity contribution in [2.75, 3.05) is 13.7 Å². The number of hydrogen-bond acceptors (Lipinski definition) is 5. The molecule has 0 aliphatic carbocycles. The molecule has 0 spiro atoms. The van der Waals surface area contributed by atoms with Gasteiger partial charge in [0.05, 0.1) is 12.7 Å². The van der Waals surface area contributed by atoms with Crippen molar-refractivity contribution in [3.8, 4) is 0 Å². The third kappa shape index (κ3) is 1.94. The highest BCUT2D eigenvalue weighted by Crippen LogP contribution is 2.22. The molecule has 0 saturated carbocycles. The van der Waals surface area contributed by atoms with Crippen LogP contribution in [0.2, 0.25) is 0 Å². The third-order valence-electron chi connectivity index (χ3n) is 1.95. The van der Waals surface area contributed by atoms with Crippen LogP contribution in [0.1, 0.15) is 6.42 Å². The average Bonchev–Trinajstić information content (AvgIpc) is 2.45. The van der Waals surface area contributed by atoms with Crippen LogP contribution in [-0.2, 0) is 9.47 Å². The van der Waals surface area contributed by atoms with Crippen LogP contribution in [0, 0.1) is 0 Å². The molecule has 0 amide bonds. The summed E-state index contributed by atoms with van der Waals surface area (Å²) < 4.78 is 9.92. The minimum absolute atomic E-state index is 0.332. The molecule has 0 aromatic rings. The molecule has 1 heterocycles. The van der Waals surface area contributed by atoms with Crippen LogP contribution in [0.4, 0.5) is 0 Å². The van der Waals surface area contributed by atoms with Crippen molar-refractivity contribution in [2.24, 2.45) is 0 Å². The van der Waals surface area contributed by atoms with E-state index in [2.05, 4.69) is 0 Å². The fraction of sp³-hybridized carbons (Fsp3) is 1.00. The van der Waals surface area contributed by atoms with E-state index in [0.717, 1.165) is 0 Å². The van der Waals surface area contributed by atoms with Crippen LogP contribution in [-0.4, -0.2) is 53.6 Å². The van der Waals surface area contributed by atoms with Gasteiger partial charge in [-0.1, -0.05) is 0 Å². The predicted molar refractivity (Wildman–Crippen MR) is 39.4 cm³/mol. The fourth-order valence-electron chi connectivity index (χ4n) is 1.26. The van der Waals surface area contributed by atoms with Gasteiger partial charge in [0.15, 0.2) is 6.29 Å². The highest BCUT2D eigenvalue weighted by molar-refractivity contribution is 4.83. The Hall–Kier alpha value is -0.200. The molecule has 3 unspecified atom stereocenters. The van der Waals surface area contributed by atoms with Crippen LogP contribution < -0.4 is 0 Å². The van der Waals surface area contributed by atoms with Crippen LogP contribution in [0.25, 0.3) is 0 Å². The summed E-state index contributed by atoms with van der Waals surface area (Å²) in [6.45, 7) is -0.418. The summed E-state index contributed by atoms with van der Waals surface area (Å²) in [5.41, 5.74) is 0. The van der Waals surface area contributed by atoms with Crippen molar-refractivity contribution in [1.82, 2.24) is 0 Å². The Bertz CT molecular complexity index is 140. The second kappa shape index (κ2) is 4.15. The smallest absolute Gasteiger partial charge is 0.160 e. The SMILES string of the molecule is COC1CC(O)[C@H](C(O)CO)O1. The van der Waals surface area contributed by atoms with Crippen LogP contribution >= 0.6 is 0 Å². The Morgan fingerprint density at radius 3 is 2.75 bits per heavy atom. The number of rotatable bonds is 3. The number of aliphatic hydroxyl groups excluding tert-OH is 3. The van der Waals surface area contributed by atoms with Crippen molar-refractivity contribution in [3.05, 3.63) is 0 Å². The van der Waals surface area contributed by atoms with Crippen LogP contribution in [0.5, 0.6) is 0 Å². The van der Waals surface area contributed by atoms with Gasteiger partial charge in [0, 0.05) is 13.5 Å². The molecule has 1 aliphatic heterocycles. The maximum absolute atomic E-state index is 9.32. The van der Waals surface area contributed by atoms with Gasteiger partial charge in [0.2, 0.25) is 0 Å². The molecule has 5 nitrogen and oxygen atoms in total. The van der Waals surface area contributed by atoms with Crippen LogP contribution in [0.3, 0.4) is 0 Å². The van der Waals surface area contributed by atoms with E-state index < -0.39 is 31.2 Å². The van der Waals surface area contributed by atoms with Gasteiger partial charge in [-0.2, -0.15) is 0 Å². The summed E-state index contributed by atoms with van der Waals surface area (Å²) in [5, 5.41) is 27.1. The molecule has 0 radical (unpaired) electrons. The van der Waals surface area contributed by atoms with Crippen molar-refractivity contribution in [1.29, 1.82) is 0 Å².